The summed E-state index contributed by atoms with van der Waals surface area (Å²) in [5, 5.41) is 7.75. The Morgan fingerprint density at radius 1 is 1.14 bits per heavy atom. The highest BCUT2D eigenvalue weighted by molar-refractivity contribution is 8.05. The van der Waals surface area contributed by atoms with Crippen LogP contribution in [0.1, 0.15) is 11.3 Å². The van der Waals surface area contributed by atoms with E-state index in [9.17, 15) is 4.79 Å². The summed E-state index contributed by atoms with van der Waals surface area (Å²) in [6.45, 7) is 1.96. The minimum absolute atomic E-state index is 0.169. The van der Waals surface area contributed by atoms with Gasteiger partial charge in [0.15, 0.2) is 5.50 Å². The van der Waals surface area contributed by atoms with E-state index in [-0.39, 0.29) is 11.4 Å². The van der Waals surface area contributed by atoms with Gasteiger partial charge in [-0.05, 0) is 55.0 Å². The van der Waals surface area contributed by atoms with Crippen molar-refractivity contribution >= 4 is 64.2 Å². The molecule has 8 heteroatoms. The van der Waals surface area contributed by atoms with Crippen LogP contribution in [0.15, 0.2) is 57.9 Å². The topological polar surface area (TPSA) is 54.3 Å². The largest absolute Gasteiger partial charge is 0.457 e. The second kappa shape index (κ2) is 8.36. The van der Waals surface area contributed by atoms with Gasteiger partial charge in [0.2, 0.25) is 0 Å². The highest BCUT2D eigenvalue weighted by Crippen LogP contribution is 2.36. The van der Waals surface area contributed by atoms with Gasteiger partial charge in [-0.3, -0.25) is 4.79 Å². The van der Waals surface area contributed by atoms with Crippen LogP contribution in [0.5, 0.6) is 0 Å². The third-order valence-corrected chi connectivity index (χ3v) is 6.41. The van der Waals surface area contributed by atoms with Crippen LogP contribution in [0, 0.1) is 6.92 Å². The quantitative estimate of drug-likeness (QED) is 0.415. The van der Waals surface area contributed by atoms with Crippen LogP contribution >= 0.6 is 46.6 Å². The molecule has 4 nitrogen and oxygen atoms in total. The fourth-order valence-electron chi connectivity index (χ4n) is 2.89. The average molecular weight is 466 g/mol. The van der Waals surface area contributed by atoms with E-state index in [0.717, 1.165) is 11.3 Å². The van der Waals surface area contributed by atoms with Crippen molar-refractivity contribution in [1.29, 1.82) is 0 Å². The number of hydrogen-bond donors (Lipinski definition) is 2. The molecule has 1 aliphatic heterocycles. The number of benzene rings is 2. The first-order valence-corrected chi connectivity index (χ1v) is 10.7. The van der Waals surface area contributed by atoms with Gasteiger partial charge in [0.05, 0.1) is 15.0 Å². The second-order valence-electron chi connectivity index (χ2n) is 6.39. The van der Waals surface area contributed by atoms with Crippen LogP contribution < -0.4 is 10.6 Å². The van der Waals surface area contributed by atoms with Crippen molar-refractivity contribution in [3.8, 4) is 11.3 Å². The molecule has 0 spiro atoms. The second-order valence-corrected chi connectivity index (χ2v) is 8.76. The Hall–Kier alpha value is -2.05. The standard InChI is InChI=1S/C21H15Cl3N2O2S/c1-11-9-12(22)5-7-16(11)25-21-26-20(27)18(29-21)10-13-6-8-17(28-13)14-3-2-4-15(23)19(14)24/h2-10,21,25H,1H3,(H,26,27)/b18-10-. The molecule has 1 amide bonds. The molecule has 1 saturated heterocycles. The third-order valence-electron chi connectivity index (χ3n) is 4.32. The van der Waals surface area contributed by atoms with Crippen LogP contribution in [0.2, 0.25) is 15.1 Å². The molecule has 0 aliphatic carbocycles. The summed E-state index contributed by atoms with van der Waals surface area (Å²) in [5.41, 5.74) is 2.32. The van der Waals surface area contributed by atoms with Gasteiger partial charge >= 0.3 is 0 Å². The van der Waals surface area contributed by atoms with Gasteiger partial charge in [-0.25, -0.2) is 0 Å². The number of furan rings is 1. The summed E-state index contributed by atoms with van der Waals surface area (Å²) >= 11 is 19.7. The number of amides is 1. The van der Waals surface area contributed by atoms with Crippen LogP contribution in [0.3, 0.4) is 0 Å². The van der Waals surface area contributed by atoms with Crippen LogP contribution in [0.4, 0.5) is 5.69 Å². The summed E-state index contributed by atoms with van der Waals surface area (Å²) in [6, 6.07) is 14.5. The summed E-state index contributed by atoms with van der Waals surface area (Å²) in [5.74, 6) is 0.967. The normalized spacial score (nSPS) is 17.6. The predicted molar refractivity (Wildman–Crippen MR) is 121 cm³/mol. The Kier molecular flexibility index (Phi) is 5.83. The van der Waals surface area contributed by atoms with Crippen LogP contribution in [-0.4, -0.2) is 11.4 Å². The SMILES string of the molecule is Cc1cc(Cl)ccc1NC1NC(=O)/C(=C/c2ccc(-c3cccc(Cl)c3Cl)o2)S1. The molecule has 29 heavy (non-hydrogen) atoms. The molecular formula is C21H15Cl3N2O2S. The number of anilines is 1. The zero-order chi connectivity index (χ0) is 20.5. The predicted octanol–water partition coefficient (Wildman–Crippen LogP) is 6.81. The molecule has 1 fully saturated rings. The maximum atomic E-state index is 12.4. The monoisotopic (exact) mass is 464 g/mol. The molecule has 1 aromatic heterocycles. The fourth-order valence-corrected chi connectivity index (χ4v) is 4.47. The van der Waals surface area contributed by atoms with Crippen LogP contribution in [-0.2, 0) is 4.79 Å². The molecule has 2 aromatic carbocycles. The van der Waals surface area contributed by atoms with Gasteiger partial charge in [0.1, 0.15) is 11.5 Å². The highest BCUT2D eigenvalue weighted by Gasteiger charge is 2.28. The van der Waals surface area contributed by atoms with Crippen molar-refractivity contribution in [3.05, 3.63) is 79.8 Å². The van der Waals surface area contributed by atoms with Crippen LogP contribution in [0.25, 0.3) is 17.4 Å². The summed E-state index contributed by atoms with van der Waals surface area (Å²) < 4.78 is 5.85. The minimum Gasteiger partial charge on any atom is -0.457 e. The number of hydrogen-bond acceptors (Lipinski definition) is 4. The number of halogens is 3. The van der Waals surface area contributed by atoms with Crippen molar-refractivity contribution in [3.63, 3.8) is 0 Å². The van der Waals surface area contributed by atoms with Gasteiger partial charge in [-0.15, -0.1) is 0 Å². The molecule has 4 rings (SSSR count). The zero-order valence-corrected chi connectivity index (χ0v) is 18.2. The maximum Gasteiger partial charge on any atom is 0.260 e. The van der Waals surface area contributed by atoms with E-state index in [1.807, 2.05) is 25.1 Å². The molecule has 148 valence electrons. The molecule has 0 radical (unpaired) electrons. The zero-order valence-electron chi connectivity index (χ0n) is 15.1. The van der Waals surface area contributed by atoms with Gasteiger partial charge in [0.25, 0.3) is 5.91 Å². The lowest BCUT2D eigenvalue weighted by molar-refractivity contribution is -0.116. The molecule has 0 saturated carbocycles. The van der Waals surface area contributed by atoms with E-state index < -0.39 is 0 Å². The Morgan fingerprint density at radius 2 is 1.97 bits per heavy atom. The van der Waals surface area contributed by atoms with Gasteiger partial charge in [-0.2, -0.15) is 0 Å². The first-order chi connectivity index (χ1) is 13.9. The van der Waals surface area contributed by atoms with E-state index in [0.29, 0.717) is 37.1 Å². The van der Waals surface area contributed by atoms with E-state index in [2.05, 4.69) is 10.6 Å². The summed E-state index contributed by atoms with van der Waals surface area (Å²) in [7, 11) is 0. The third kappa shape index (κ3) is 4.43. The Labute approximate surface area is 187 Å². The van der Waals surface area contributed by atoms with E-state index in [1.54, 1.807) is 36.4 Å². The lowest BCUT2D eigenvalue weighted by Gasteiger charge is -2.14. The smallest absolute Gasteiger partial charge is 0.260 e. The van der Waals surface area contributed by atoms with E-state index in [4.69, 9.17) is 39.2 Å². The van der Waals surface area contributed by atoms with Crippen molar-refractivity contribution in [1.82, 2.24) is 5.32 Å². The molecule has 1 aliphatic rings. The average Bonchev–Trinajstić information content (AvgIpc) is 3.27. The molecular weight excluding hydrogens is 451 g/mol. The maximum absolute atomic E-state index is 12.4. The Morgan fingerprint density at radius 3 is 2.76 bits per heavy atom. The lowest BCUT2D eigenvalue weighted by Crippen LogP contribution is -2.31. The van der Waals surface area contributed by atoms with E-state index >= 15 is 0 Å². The van der Waals surface area contributed by atoms with Crippen molar-refractivity contribution in [2.45, 2.75) is 12.4 Å². The number of carbonyl (C=O) groups is 1. The number of carbonyl (C=O) groups excluding carboxylic acids is 1. The van der Waals surface area contributed by atoms with Crippen molar-refractivity contribution < 1.29 is 9.21 Å². The minimum atomic E-state index is -0.287. The molecule has 1 unspecified atom stereocenters. The number of aryl methyl sites for hydroxylation is 1. The van der Waals surface area contributed by atoms with Crippen molar-refractivity contribution in [2.24, 2.45) is 0 Å². The number of nitrogens with one attached hydrogen (secondary N) is 2. The Balaban J connectivity index is 1.51. The van der Waals surface area contributed by atoms with E-state index in [1.165, 1.54) is 11.8 Å². The molecule has 2 heterocycles. The van der Waals surface area contributed by atoms with Gasteiger partial charge in [0, 0.05) is 22.3 Å². The molecule has 1 atom stereocenters. The van der Waals surface area contributed by atoms with Gasteiger partial charge in [-0.1, -0.05) is 52.6 Å². The molecule has 3 aromatic rings. The fraction of sp³-hybridized carbons (Fsp3) is 0.0952. The Bertz CT molecular complexity index is 1130. The van der Waals surface area contributed by atoms with Crippen molar-refractivity contribution in [2.75, 3.05) is 5.32 Å². The summed E-state index contributed by atoms with van der Waals surface area (Å²) in [4.78, 5) is 12.9. The first kappa shape index (κ1) is 20.2. The lowest BCUT2D eigenvalue weighted by atomic mass is 10.2. The highest BCUT2D eigenvalue weighted by atomic mass is 35.5. The molecule has 0 bridgehead atoms. The summed E-state index contributed by atoms with van der Waals surface area (Å²) in [6.07, 6.45) is 1.71. The van der Waals surface area contributed by atoms with Gasteiger partial charge < -0.3 is 15.1 Å². The number of rotatable bonds is 4. The number of thioether (sulfide) groups is 1. The molecule has 2 N–H and O–H groups in total. The first-order valence-electron chi connectivity index (χ1n) is 8.67.